The minimum absolute atomic E-state index is 0.0436. The van der Waals surface area contributed by atoms with Gasteiger partial charge >= 0.3 is 0 Å². The second-order valence-corrected chi connectivity index (χ2v) is 4.13. The first-order valence-electron chi connectivity index (χ1n) is 5.77. The lowest BCUT2D eigenvalue weighted by Gasteiger charge is -2.10. The van der Waals surface area contributed by atoms with Crippen molar-refractivity contribution in [3.63, 3.8) is 0 Å². The zero-order chi connectivity index (χ0) is 13.5. The van der Waals surface area contributed by atoms with Crippen LogP contribution < -0.4 is 15.4 Å². The summed E-state index contributed by atoms with van der Waals surface area (Å²) in [4.78, 5) is 22.6. The molecular formula is C13H18N2O3. The molecule has 5 nitrogen and oxygen atoms in total. The molecule has 0 aliphatic heterocycles. The van der Waals surface area contributed by atoms with E-state index in [0.717, 1.165) is 0 Å². The van der Waals surface area contributed by atoms with Crippen LogP contribution in [0, 0.1) is 5.92 Å². The van der Waals surface area contributed by atoms with Gasteiger partial charge in [0, 0.05) is 24.7 Å². The molecule has 0 saturated heterocycles. The van der Waals surface area contributed by atoms with E-state index in [0.29, 0.717) is 11.4 Å². The van der Waals surface area contributed by atoms with Crippen molar-refractivity contribution in [3.05, 3.63) is 24.3 Å². The summed E-state index contributed by atoms with van der Waals surface area (Å²) in [5, 5.41) is 5.23. The summed E-state index contributed by atoms with van der Waals surface area (Å²) in [6.45, 7) is 3.60. The molecule has 0 aliphatic carbocycles. The van der Waals surface area contributed by atoms with Gasteiger partial charge in [-0.3, -0.25) is 9.59 Å². The average molecular weight is 250 g/mol. The maximum Gasteiger partial charge on any atom is 0.257 e. The van der Waals surface area contributed by atoms with Crippen LogP contribution in [-0.2, 0) is 9.59 Å². The number of carbonyl (C=O) groups excluding carboxylic acids is 2. The molecule has 2 N–H and O–H groups in total. The number of hydrogen-bond acceptors (Lipinski definition) is 3. The molecule has 2 amide bonds. The third-order valence-corrected chi connectivity index (χ3v) is 2.27. The Balaban J connectivity index is 2.62. The quantitative estimate of drug-likeness (QED) is 0.830. The van der Waals surface area contributed by atoms with Crippen molar-refractivity contribution in [2.24, 2.45) is 5.92 Å². The topological polar surface area (TPSA) is 67.4 Å². The summed E-state index contributed by atoms with van der Waals surface area (Å²) < 4.78 is 5.28. The van der Waals surface area contributed by atoms with Crippen molar-refractivity contribution in [3.8, 4) is 5.75 Å². The lowest BCUT2D eigenvalue weighted by molar-refractivity contribution is -0.122. The third kappa shape index (κ3) is 4.45. The van der Waals surface area contributed by atoms with Gasteiger partial charge in [0.25, 0.3) is 5.91 Å². The molecule has 0 fully saturated rings. The van der Waals surface area contributed by atoms with Gasteiger partial charge in [0.1, 0.15) is 5.75 Å². The highest BCUT2D eigenvalue weighted by Gasteiger charge is 2.07. The summed E-state index contributed by atoms with van der Waals surface area (Å²) in [5.41, 5.74) is 0.656. The van der Waals surface area contributed by atoms with Gasteiger partial charge < -0.3 is 15.4 Å². The SMILES string of the molecule is CNC(=O)COc1cccc(NC(=O)C(C)C)c1. The number of anilines is 1. The Kier molecular flexibility index (Phi) is 5.17. The van der Waals surface area contributed by atoms with Crippen LogP contribution in [0.3, 0.4) is 0 Å². The number of carbonyl (C=O) groups is 2. The first-order valence-corrected chi connectivity index (χ1v) is 5.77. The lowest BCUT2D eigenvalue weighted by Crippen LogP contribution is -2.24. The minimum atomic E-state index is -0.202. The van der Waals surface area contributed by atoms with Crippen molar-refractivity contribution in [1.82, 2.24) is 5.32 Å². The number of amides is 2. The zero-order valence-corrected chi connectivity index (χ0v) is 10.8. The fraction of sp³-hybridized carbons (Fsp3) is 0.385. The van der Waals surface area contributed by atoms with Crippen LogP contribution in [0.25, 0.3) is 0 Å². The fourth-order valence-electron chi connectivity index (χ4n) is 1.17. The van der Waals surface area contributed by atoms with Gasteiger partial charge in [-0.25, -0.2) is 0 Å². The largest absolute Gasteiger partial charge is 0.484 e. The number of rotatable bonds is 5. The Bertz CT molecular complexity index is 430. The molecule has 0 radical (unpaired) electrons. The van der Waals surface area contributed by atoms with E-state index in [1.807, 2.05) is 13.8 Å². The van der Waals surface area contributed by atoms with E-state index in [4.69, 9.17) is 4.74 Å². The molecule has 0 aliphatic rings. The van der Waals surface area contributed by atoms with E-state index in [-0.39, 0.29) is 24.3 Å². The second kappa shape index (κ2) is 6.64. The molecule has 0 heterocycles. The van der Waals surface area contributed by atoms with Crippen LogP contribution >= 0.6 is 0 Å². The Morgan fingerprint density at radius 2 is 2.06 bits per heavy atom. The van der Waals surface area contributed by atoms with Crippen LogP contribution in [0.4, 0.5) is 5.69 Å². The normalized spacial score (nSPS) is 10.0. The highest BCUT2D eigenvalue weighted by atomic mass is 16.5. The van der Waals surface area contributed by atoms with E-state index in [9.17, 15) is 9.59 Å². The predicted molar refractivity (Wildman–Crippen MR) is 69.5 cm³/mol. The van der Waals surface area contributed by atoms with E-state index < -0.39 is 0 Å². The molecule has 98 valence electrons. The minimum Gasteiger partial charge on any atom is -0.484 e. The van der Waals surface area contributed by atoms with Gasteiger partial charge in [-0.15, -0.1) is 0 Å². The van der Waals surface area contributed by atoms with E-state index in [2.05, 4.69) is 10.6 Å². The maximum absolute atomic E-state index is 11.5. The summed E-state index contributed by atoms with van der Waals surface area (Å²) in [7, 11) is 1.55. The van der Waals surface area contributed by atoms with Crippen molar-refractivity contribution in [2.45, 2.75) is 13.8 Å². The van der Waals surface area contributed by atoms with Crippen LogP contribution in [0.1, 0.15) is 13.8 Å². The Labute approximate surface area is 107 Å². The molecule has 0 unspecified atom stereocenters. The van der Waals surface area contributed by atoms with Gasteiger partial charge in [-0.1, -0.05) is 19.9 Å². The second-order valence-electron chi connectivity index (χ2n) is 4.13. The molecule has 1 rings (SSSR count). The number of benzene rings is 1. The van der Waals surface area contributed by atoms with E-state index in [1.54, 1.807) is 31.3 Å². The highest BCUT2D eigenvalue weighted by molar-refractivity contribution is 5.92. The smallest absolute Gasteiger partial charge is 0.257 e. The van der Waals surface area contributed by atoms with Gasteiger partial charge in [0.05, 0.1) is 0 Å². The molecule has 0 saturated carbocycles. The Morgan fingerprint density at radius 1 is 1.33 bits per heavy atom. The standard InChI is InChI=1S/C13H18N2O3/c1-9(2)13(17)15-10-5-4-6-11(7-10)18-8-12(16)14-3/h4-7,9H,8H2,1-3H3,(H,14,16)(H,15,17). The van der Waals surface area contributed by atoms with Gasteiger partial charge in [-0.2, -0.15) is 0 Å². The summed E-state index contributed by atoms with van der Waals surface area (Å²) >= 11 is 0. The molecule has 1 aromatic rings. The third-order valence-electron chi connectivity index (χ3n) is 2.27. The van der Waals surface area contributed by atoms with Gasteiger partial charge in [0.15, 0.2) is 6.61 Å². The Morgan fingerprint density at radius 3 is 2.67 bits per heavy atom. The van der Waals surface area contributed by atoms with E-state index >= 15 is 0 Å². The summed E-state index contributed by atoms with van der Waals surface area (Å²) in [5.74, 6) is 0.200. The monoisotopic (exact) mass is 250 g/mol. The van der Waals surface area contributed by atoms with Crippen LogP contribution in [0.5, 0.6) is 5.75 Å². The lowest BCUT2D eigenvalue weighted by atomic mass is 10.2. The zero-order valence-electron chi connectivity index (χ0n) is 10.8. The number of likely N-dealkylation sites (N-methyl/N-ethyl adjacent to an activating group) is 1. The van der Waals surface area contributed by atoms with Crippen LogP contribution in [-0.4, -0.2) is 25.5 Å². The summed E-state index contributed by atoms with van der Waals surface area (Å²) in [6, 6.07) is 6.94. The maximum atomic E-state index is 11.5. The van der Waals surface area contributed by atoms with Crippen molar-refractivity contribution in [2.75, 3.05) is 19.0 Å². The molecule has 0 aromatic heterocycles. The molecule has 18 heavy (non-hydrogen) atoms. The first kappa shape index (κ1) is 14.0. The van der Waals surface area contributed by atoms with Gasteiger partial charge in [0.2, 0.25) is 5.91 Å². The number of ether oxygens (including phenoxy) is 1. The van der Waals surface area contributed by atoms with Crippen molar-refractivity contribution in [1.29, 1.82) is 0 Å². The van der Waals surface area contributed by atoms with Crippen LogP contribution in [0.15, 0.2) is 24.3 Å². The Hall–Kier alpha value is -2.04. The molecule has 0 atom stereocenters. The molecule has 0 spiro atoms. The number of nitrogens with one attached hydrogen (secondary N) is 2. The molecule has 1 aromatic carbocycles. The molecule has 5 heteroatoms. The first-order chi connectivity index (χ1) is 8.52. The molecule has 0 bridgehead atoms. The fourth-order valence-corrected chi connectivity index (χ4v) is 1.17. The van der Waals surface area contributed by atoms with E-state index in [1.165, 1.54) is 0 Å². The summed E-state index contributed by atoms with van der Waals surface area (Å²) in [6.07, 6.45) is 0. The number of hydrogen-bond donors (Lipinski definition) is 2. The molecular weight excluding hydrogens is 232 g/mol. The highest BCUT2D eigenvalue weighted by Crippen LogP contribution is 2.17. The predicted octanol–water partition coefficient (Wildman–Crippen LogP) is 1.41. The van der Waals surface area contributed by atoms with Crippen molar-refractivity contribution < 1.29 is 14.3 Å². The van der Waals surface area contributed by atoms with Crippen molar-refractivity contribution >= 4 is 17.5 Å². The van der Waals surface area contributed by atoms with Crippen LogP contribution in [0.2, 0.25) is 0 Å². The van der Waals surface area contributed by atoms with Gasteiger partial charge in [-0.05, 0) is 12.1 Å². The average Bonchev–Trinajstić information content (AvgIpc) is 2.36.